The van der Waals surface area contributed by atoms with E-state index in [1.807, 2.05) is 0 Å². The van der Waals surface area contributed by atoms with Gasteiger partial charge in [-0.3, -0.25) is 9.59 Å². The second-order valence-electron chi connectivity index (χ2n) is 3.85. The summed E-state index contributed by atoms with van der Waals surface area (Å²) in [6.45, 7) is 2.68. The maximum Gasteiger partial charge on any atom is 0.251 e. The number of pyridine rings is 1. The van der Waals surface area contributed by atoms with Crippen LogP contribution in [0.4, 0.5) is 0 Å². The molecule has 3 N–H and O–H groups in total. The van der Waals surface area contributed by atoms with E-state index in [0.29, 0.717) is 18.7 Å². The Morgan fingerprint density at radius 1 is 1.59 bits per heavy atom. The number of morpholine rings is 1. The fourth-order valence-corrected chi connectivity index (χ4v) is 1.65. The van der Waals surface area contributed by atoms with E-state index in [0.717, 1.165) is 13.1 Å². The number of amides is 1. The minimum Gasteiger partial charge on any atom is -0.374 e. The fourth-order valence-electron chi connectivity index (χ4n) is 1.65. The van der Waals surface area contributed by atoms with E-state index < -0.39 is 0 Å². The molecule has 1 fully saturated rings. The van der Waals surface area contributed by atoms with Crippen LogP contribution in [0.3, 0.4) is 0 Å². The van der Waals surface area contributed by atoms with Crippen molar-refractivity contribution < 1.29 is 9.53 Å². The predicted molar refractivity (Wildman–Crippen MR) is 62.0 cm³/mol. The number of H-pyrrole nitrogens is 1. The van der Waals surface area contributed by atoms with Gasteiger partial charge in [-0.1, -0.05) is 0 Å². The van der Waals surface area contributed by atoms with Gasteiger partial charge in [-0.05, 0) is 6.07 Å². The lowest BCUT2D eigenvalue weighted by molar-refractivity contribution is 0.0287. The minimum absolute atomic E-state index is 0.00491. The van der Waals surface area contributed by atoms with Gasteiger partial charge in [0.05, 0.1) is 12.7 Å². The number of hydrogen-bond acceptors (Lipinski definition) is 4. The number of rotatable bonds is 3. The summed E-state index contributed by atoms with van der Waals surface area (Å²) in [6.07, 6.45) is 1.45. The molecule has 1 saturated heterocycles. The van der Waals surface area contributed by atoms with Crippen LogP contribution < -0.4 is 16.2 Å². The van der Waals surface area contributed by atoms with E-state index in [1.54, 1.807) is 6.07 Å². The van der Waals surface area contributed by atoms with Gasteiger partial charge in [0.25, 0.3) is 5.91 Å². The monoisotopic (exact) mass is 237 g/mol. The molecule has 1 amide bonds. The Morgan fingerprint density at radius 2 is 2.47 bits per heavy atom. The van der Waals surface area contributed by atoms with Crippen molar-refractivity contribution in [3.63, 3.8) is 0 Å². The lowest BCUT2D eigenvalue weighted by Crippen LogP contribution is -2.45. The zero-order chi connectivity index (χ0) is 12.1. The highest BCUT2D eigenvalue weighted by molar-refractivity contribution is 5.93. The Morgan fingerprint density at radius 3 is 3.18 bits per heavy atom. The molecular weight excluding hydrogens is 222 g/mol. The maximum absolute atomic E-state index is 11.7. The Hall–Kier alpha value is -1.66. The molecule has 1 aromatic heterocycles. The van der Waals surface area contributed by atoms with E-state index in [1.165, 1.54) is 12.3 Å². The molecule has 1 aliphatic rings. The molecule has 6 nitrogen and oxygen atoms in total. The van der Waals surface area contributed by atoms with Crippen LogP contribution in [0.5, 0.6) is 0 Å². The van der Waals surface area contributed by atoms with E-state index in [2.05, 4.69) is 15.6 Å². The number of hydrogen-bond donors (Lipinski definition) is 3. The van der Waals surface area contributed by atoms with Crippen LogP contribution in [-0.2, 0) is 4.74 Å². The Kier molecular flexibility index (Phi) is 3.89. The average molecular weight is 237 g/mol. The van der Waals surface area contributed by atoms with Gasteiger partial charge in [-0.25, -0.2) is 0 Å². The van der Waals surface area contributed by atoms with E-state index in [9.17, 15) is 9.59 Å². The Bertz CT molecular complexity index is 438. The summed E-state index contributed by atoms with van der Waals surface area (Å²) in [5, 5.41) is 5.92. The minimum atomic E-state index is -0.284. The topological polar surface area (TPSA) is 83.2 Å². The Balaban J connectivity index is 1.86. The molecule has 17 heavy (non-hydrogen) atoms. The molecule has 0 aliphatic carbocycles. The molecule has 0 aromatic carbocycles. The van der Waals surface area contributed by atoms with Gasteiger partial charge in [0.2, 0.25) is 5.56 Å². The van der Waals surface area contributed by atoms with Crippen molar-refractivity contribution in [3.8, 4) is 0 Å². The Labute approximate surface area is 98.4 Å². The maximum atomic E-state index is 11.7. The van der Waals surface area contributed by atoms with Crippen LogP contribution in [0.2, 0.25) is 0 Å². The third kappa shape index (κ3) is 3.40. The molecule has 2 heterocycles. The molecule has 0 saturated carbocycles. The summed E-state index contributed by atoms with van der Waals surface area (Å²) >= 11 is 0. The van der Waals surface area contributed by atoms with E-state index in [-0.39, 0.29) is 17.6 Å². The summed E-state index contributed by atoms with van der Waals surface area (Å²) < 4.78 is 5.44. The average Bonchev–Trinajstić information content (AvgIpc) is 2.37. The van der Waals surface area contributed by atoms with Crippen LogP contribution in [-0.4, -0.2) is 43.2 Å². The molecular formula is C11H15N3O3. The molecule has 0 radical (unpaired) electrons. The molecule has 92 valence electrons. The molecule has 1 aliphatic heterocycles. The summed E-state index contributed by atoms with van der Waals surface area (Å²) in [4.78, 5) is 25.2. The first-order valence-corrected chi connectivity index (χ1v) is 5.55. The largest absolute Gasteiger partial charge is 0.374 e. The number of carbonyl (C=O) groups excluding carboxylic acids is 1. The first-order chi connectivity index (χ1) is 8.25. The number of aromatic amines is 1. The lowest BCUT2D eigenvalue weighted by Gasteiger charge is -2.23. The molecule has 1 unspecified atom stereocenters. The molecule has 2 rings (SSSR count). The normalized spacial score (nSPS) is 19.9. The molecule has 1 atom stereocenters. The van der Waals surface area contributed by atoms with Crippen LogP contribution in [0, 0.1) is 0 Å². The first kappa shape index (κ1) is 11.8. The first-order valence-electron chi connectivity index (χ1n) is 5.55. The van der Waals surface area contributed by atoms with Gasteiger partial charge in [0.15, 0.2) is 0 Å². The summed E-state index contributed by atoms with van der Waals surface area (Å²) in [5.41, 5.74) is 0.0748. The van der Waals surface area contributed by atoms with Crippen LogP contribution in [0.1, 0.15) is 10.4 Å². The highest BCUT2D eigenvalue weighted by atomic mass is 16.5. The zero-order valence-corrected chi connectivity index (χ0v) is 9.36. The van der Waals surface area contributed by atoms with Gasteiger partial charge in [-0.2, -0.15) is 0 Å². The van der Waals surface area contributed by atoms with E-state index >= 15 is 0 Å². The van der Waals surface area contributed by atoms with E-state index in [4.69, 9.17) is 4.74 Å². The number of carbonyl (C=O) groups is 1. The van der Waals surface area contributed by atoms with Gasteiger partial charge >= 0.3 is 0 Å². The second kappa shape index (κ2) is 5.60. The van der Waals surface area contributed by atoms with Crippen LogP contribution in [0.15, 0.2) is 23.1 Å². The lowest BCUT2D eigenvalue weighted by atomic mass is 10.2. The third-order valence-electron chi connectivity index (χ3n) is 2.53. The van der Waals surface area contributed by atoms with Gasteiger partial charge < -0.3 is 20.4 Å². The van der Waals surface area contributed by atoms with Gasteiger partial charge in [-0.15, -0.1) is 0 Å². The van der Waals surface area contributed by atoms with Gasteiger partial charge in [0, 0.05) is 37.5 Å². The summed E-state index contributed by atoms with van der Waals surface area (Å²) in [5.74, 6) is -0.259. The molecule has 0 bridgehead atoms. The summed E-state index contributed by atoms with van der Waals surface area (Å²) in [7, 11) is 0. The van der Waals surface area contributed by atoms with Crippen molar-refractivity contribution in [1.82, 2.24) is 15.6 Å². The molecule has 6 heteroatoms. The zero-order valence-electron chi connectivity index (χ0n) is 9.36. The van der Waals surface area contributed by atoms with Crippen molar-refractivity contribution in [2.24, 2.45) is 0 Å². The van der Waals surface area contributed by atoms with Crippen molar-refractivity contribution in [2.75, 3.05) is 26.2 Å². The van der Waals surface area contributed by atoms with Crippen molar-refractivity contribution >= 4 is 5.91 Å². The predicted octanol–water partition coefficient (Wildman–Crippen LogP) is -0.907. The number of ether oxygens (including phenoxy) is 1. The quantitative estimate of drug-likeness (QED) is 0.636. The van der Waals surface area contributed by atoms with Crippen LogP contribution in [0.25, 0.3) is 0 Å². The summed E-state index contributed by atoms with van der Waals surface area (Å²) in [6, 6.07) is 2.84. The van der Waals surface area contributed by atoms with Crippen molar-refractivity contribution in [2.45, 2.75) is 6.10 Å². The second-order valence-corrected chi connectivity index (χ2v) is 3.85. The molecule has 1 aromatic rings. The molecule has 0 spiro atoms. The van der Waals surface area contributed by atoms with Gasteiger partial charge in [0.1, 0.15) is 0 Å². The standard InChI is InChI=1S/C11H15N3O3/c15-10-5-8(1-2-13-10)11(16)14-7-9-6-12-3-4-17-9/h1-2,5,9,12H,3-4,6-7H2,(H,13,15)(H,14,16). The highest BCUT2D eigenvalue weighted by Gasteiger charge is 2.14. The number of nitrogens with one attached hydrogen (secondary N) is 3. The SMILES string of the molecule is O=C(NCC1CNCCO1)c1cc[nH]c(=O)c1. The fraction of sp³-hybridized carbons (Fsp3) is 0.455. The third-order valence-corrected chi connectivity index (χ3v) is 2.53. The number of aromatic nitrogens is 1. The van der Waals surface area contributed by atoms with Crippen molar-refractivity contribution in [1.29, 1.82) is 0 Å². The van der Waals surface area contributed by atoms with Crippen molar-refractivity contribution in [3.05, 3.63) is 34.2 Å². The smallest absolute Gasteiger partial charge is 0.251 e. The van der Waals surface area contributed by atoms with Crippen LogP contribution >= 0.6 is 0 Å². The highest BCUT2D eigenvalue weighted by Crippen LogP contribution is 1.96.